The molecule has 132 valence electrons. The number of nitrogens with zero attached hydrogens (tertiary/aromatic N) is 4. The van der Waals surface area contributed by atoms with Crippen molar-refractivity contribution in [2.75, 3.05) is 38.7 Å². The van der Waals surface area contributed by atoms with Crippen molar-refractivity contribution in [3.8, 4) is 0 Å². The molecular weight excluding hydrogens is 312 g/mol. The van der Waals surface area contributed by atoms with Crippen LogP contribution in [-0.4, -0.2) is 48.7 Å². The largest absolute Gasteiger partial charge is 0.376 e. The monoisotopic (exact) mass is 338 g/mol. The van der Waals surface area contributed by atoms with Gasteiger partial charge in [-0.1, -0.05) is 24.3 Å². The number of hydrogen-bond acceptors (Lipinski definition) is 5. The minimum atomic E-state index is 0.00394. The van der Waals surface area contributed by atoms with Crippen molar-refractivity contribution in [3.05, 3.63) is 52.8 Å². The van der Waals surface area contributed by atoms with Gasteiger partial charge in [0.15, 0.2) is 0 Å². The first-order chi connectivity index (χ1) is 12.1. The van der Waals surface area contributed by atoms with Crippen LogP contribution in [0.1, 0.15) is 28.8 Å². The highest BCUT2D eigenvalue weighted by Crippen LogP contribution is 2.39. The highest BCUT2D eigenvalue weighted by atomic mass is 16.5. The van der Waals surface area contributed by atoms with Crippen molar-refractivity contribution >= 4 is 5.95 Å². The normalized spacial score (nSPS) is 23.0. The van der Waals surface area contributed by atoms with Crippen LogP contribution >= 0.6 is 0 Å². The molecule has 1 aromatic heterocycles. The van der Waals surface area contributed by atoms with Gasteiger partial charge in [0.1, 0.15) is 0 Å². The smallest absolute Gasteiger partial charge is 0.225 e. The number of ether oxygens (including phenoxy) is 1. The Morgan fingerprint density at radius 1 is 1.28 bits per heavy atom. The number of likely N-dealkylation sites (tertiary alicyclic amines) is 1. The van der Waals surface area contributed by atoms with E-state index in [4.69, 9.17) is 9.72 Å². The maximum Gasteiger partial charge on any atom is 0.225 e. The molecule has 3 heterocycles. The summed E-state index contributed by atoms with van der Waals surface area (Å²) in [5.74, 6) is 0.789. The SMILES string of the molecule is Cc1ccccc1CN1CC[C@]2(COCc3cnc(N(C)C)nc32)C1. The number of hydrogen-bond donors (Lipinski definition) is 0. The molecule has 1 fully saturated rings. The summed E-state index contributed by atoms with van der Waals surface area (Å²) < 4.78 is 5.94. The third kappa shape index (κ3) is 3.02. The Labute approximate surface area is 149 Å². The lowest BCUT2D eigenvalue weighted by molar-refractivity contribution is 0.0503. The van der Waals surface area contributed by atoms with E-state index in [1.807, 2.05) is 25.2 Å². The average molecular weight is 338 g/mol. The fourth-order valence-corrected chi connectivity index (χ4v) is 4.04. The first kappa shape index (κ1) is 16.5. The molecule has 2 aromatic rings. The van der Waals surface area contributed by atoms with Crippen LogP contribution in [0, 0.1) is 6.92 Å². The summed E-state index contributed by atoms with van der Waals surface area (Å²) in [5, 5.41) is 0. The van der Waals surface area contributed by atoms with E-state index in [1.165, 1.54) is 16.8 Å². The van der Waals surface area contributed by atoms with Crippen LogP contribution in [0.4, 0.5) is 5.95 Å². The van der Waals surface area contributed by atoms with Crippen LogP contribution in [0.5, 0.6) is 0 Å². The van der Waals surface area contributed by atoms with Gasteiger partial charge in [0.2, 0.25) is 5.95 Å². The third-order valence-electron chi connectivity index (χ3n) is 5.48. The standard InChI is InChI=1S/C20H26N4O/c1-15-6-4-5-7-16(15)11-24-9-8-20(13-24)14-25-12-17-10-21-19(23(2)3)22-18(17)20/h4-7,10H,8-9,11-14H2,1-3H3/t20-/m1/s1. The minimum Gasteiger partial charge on any atom is -0.376 e. The molecule has 0 unspecified atom stereocenters. The quantitative estimate of drug-likeness (QED) is 0.860. The Kier molecular flexibility index (Phi) is 4.21. The summed E-state index contributed by atoms with van der Waals surface area (Å²) in [5.41, 5.74) is 5.12. The van der Waals surface area contributed by atoms with Gasteiger partial charge in [0.05, 0.1) is 24.3 Å². The molecule has 1 saturated heterocycles. The molecule has 2 aliphatic rings. The maximum atomic E-state index is 5.94. The lowest BCUT2D eigenvalue weighted by atomic mass is 9.80. The van der Waals surface area contributed by atoms with E-state index in [0.717, 1.165) is 44.2 Å². The second kappa shape index (κ2) is 6.39. The average Bonchev–Trinajstić information content (AvgIpc) is 3.00. The third-order valence-corrected chi connectivity index (χ3v) is 5.48. The molecule has 25 heavy (non-hydrogen) atoms. The Balaban J connectivity index is 1.60. The Morgan fingerprint density at radius 2 is 2.12 bits per heavy atom. The van der Waals surface area contributed by atoms with E-state index in [1.54, 1.807) is 0 Å². The van der Waals surface area contributed by atoms with Crippen LogP contribution in [0.15, 0.2) is 30.5 Å². The van der Waals surface area contributed by atoms with Crippen LogP contribution in [0.2, 0.25) is 0 Å². The van der Waals surface area contributed by atoms with E-state index in [9.17, 15) is 0 Å². The van der Waals surface area contributed by atoms with Crippen molar-refractivity contribution in [1.29, 1.82) is 0 Å². The molecule has 0 radical (unpaired) electrons. The van der Waals surface area contributed by atoms with Crippen molar-refractivity contribution < 1.29 is 4.74 Å². The van der Waals surface area contributed by atoms with Crippen molar-refractivity contribution in [3.63, 3.8) is 0 Å². The number of fused-ring (bicyclic) bond motifs is 2. The molecule has 0 saturated carbocycles. The number of aromatic nitrogens is 2. The predicted octanol–water partition coefficient (Wildman–Crippen LogP) is 2.52. The van der Waals surface area contributed by atoms with Gasteiger partial charge in [0.25, 0.3) is 0 Å². The zero-order chi connectivity index (χ0) is 17.4. The number of anilines is 1. The van der Waals surface area contributed by atoms with E-state index in [2.05, 4.69) is 41.1 Å². The fraction of sp³-hybridized carbons (Fsp3) is 0.500. The maximum absolute atomic E-state index is 5.94. The van der Waals surface area contributed by atoms with Gasteiger partial charge in [-0.25, -0.2) is 9.97 Å². The summed E-state index contributed by atoms with van der Waals surface area (Å²) in [6.07, 6.45) is 3.04. The summed E-state index contributed by atoms with van der Waals surface area (Å²) in [6.45, 7) is 6.65. The van der Waals surface area contributed by atoms with Crippen molar-refractivity contribution in [1.82, 2.24) is 14.9 Å². The molecule has 0 N–H and O–H groups in total. The van der Waals surface area contributed by atoms with Crippen LogP contribution < -0.4 is 4.90 Å². The summed E-state index contributed by atoms with van der Waals surface area (Å²) in [7, 11) is 3.99. The van der Waals surface area contributed by atoms with Gasteiger partial charge in [-0.2, -0.15) is 0 Å². The second-order valence-corrected chi connectivity index (χ2v) is 7.60. The van der Waals surface area contributed by atoms with Gasteiger partial charge in [0, 0.05) is 38.9 Å². The van der Waals surface area contributed by atoms with E-state index >= 15 is 0 Å². The fourth-order valence-electron chi connectivity index (χ4n) is 4.04. The molecule has 0 bridgehead atoms. The molecule has 0 amide bonds. The minimum absolute atomic E-state index is 0.00394. The highest BCUT2D eigenvalue weighted by Gasteiger charge is 2.45. The summed E-state index contributed by atoms with van der Waals surface area (Å²) in [6, 6.07) is 8.66. The first-order valence-corrected chi connectivity index (χ1v) is 8.96. The molecule has 0 aliphatic carbocycles. The van der Waals surface area contributed by atoms with Crippen LogP contribution in [0.25, 0.3) is 0 Å². The molecule has 2 aliphatic heterocycles. The summed E-state index contributed by atoms with van der Waals surface area (Å²) >= 11 is 0. The predicted molar refractivity (Wildman–Crippen MR) is 98.8 cm³/mol. The van der Waals surface area contributed by atoms with E-state index in [-0.39, 0.29) is 5.41 Å². The molecule has 4 rings (SSSR count). The lowest BCUT2D eigenvalue weighted by Gasteiger charge is -2.35. The molecule has 1 spiro atoms. The number of benzene rings is 1. The first-order valence-electron chi connectivity index (χ1n) is 8.96. The Bertz CT molecular complexity index is 776. The molecule has 5 heteroatoms. The topological polar surface area (TPSA) is 41.5 Å². The van der Waals surface area contributed by atoms with E-state index in [0.29, 0.717) is 6.61 Å². The number of aryl methyl sites for hydroxylation is 1. The second-order valence-electron chi connectivity index (χ2n) is 7.60. The number of rotatable bonds is 3. The lowest BCUT2D eigenvalue weighted by Crippen LogP contribution is -2.40. The molecule has 1 aromatic carbocycles. The van der Waals surface area contributed by atoms with Gasteiger partial charge >= 0.3 is 0 Å². The van der Waals surface area contributed by atoms with Crippen molar-refractivity contribution in [2.24, 2.45) is 0 Å². The zero-order valence-electron chi connectivity index (χ0n) is 15.3. The van der Waals surface area contributed by atoms with Crippen LogP contribution in [0.3, 0.4) is 0 Å². The zero-order valence-corrected chi connectivity index (χ0v) is 15.3. The highest BCUT2D eigenvalue weighted by molar-refractivity contribution is 5.37. The van der Waals surface area contributed by atoms with Gasteiger partial charge in [-0.3, -0.25) is 4.90 Å². The molecule has 5 nitrogen and oxygen atoms in total. The molecule has 1 atom stereocenters. The summed E-state index contributed by atoms with van der Waals surface area (Å²) in [4.78, 5) is 13.9. The Morgan fingerprint density at radius 3 is 2.92 bits per heavy atom. The van der Waals surface area contributed by atoms with Gasteiger partial charge in [-0.15, -0.1) is 0 Å². The van der Waals surface area contributed by atoms with Crippen LogP contribution in [-0.2, 0) is 23.3 Å². The van der Waals surface area contributed by atoms with Gasteiger partial charge < -0.3 is 9.64 Å². The van der Waals surface area contributed by atoms with Crippen molar-refractivity contribution in [2.45, 2.75) is 31.9 Å². The van der Waals surface area contributed by atoms with E-state index < -0.39 is 0 Å². The Hall–Kier alpha value is -1.98. The molecular formula is C20H26N4O. The van der Waals surface area contributed by atoms with Gasteiger partial charge in [-0.05, 0) is 31.0 Å².